The lowest BCUT2D eigenvalue weighted by Crippen LogP contribution is -2.61. The van der Waals surface area contributed by atoms with Crippen molar-refractivity contribution in [2.45, 2.75) is 32.1 Å². The summed E-state index contributed by atoms with van der Waals surface area (Å²) < 4.78 is 6.28. The summed E-state index contributed by atoms with van der Waals surface area (Å²) >= 11 is 3.78. The maximum absolute atomic E-state index is 12.7. The lowest BCUT2D eigenvalue weighted by molar-refractivity contribution is -0.384. The van der Waals surface area contributed by atoms with Crippen molar-refractivity contribution in [2.75, 3.05) is 10.2 Å². The minimum absolute atomic E-state index is 0.0377. The molecular weight excluding hydrogens is 499 g/mol. The zero-order chi connectivity index (χ0) is 20.4. The fourth-order valence-electron chi connectivity index (χ4n) is 3.44. The van der Waals surface area contributed by atoms with Gasteiger partial charge in [0.15, 0.2) is 0 Å². The maximum Gasteiger partial charge on any atom is 0.356 e. The first-order valence-corrected chi connectivity index (χ1v) is 11.2. The van der Waals surface area contributed by atoms with Crippen molar-refractivity contribution in [3.05, 3.63) is 50.5 Å². The average Bonchev–Trinajstić information content (AvgIpc) is 2.98. The molecule has 3 rings (SSSR count). The topological polar surface area (TPSA) is 110 Å². The van der Waals surface area contributed by atoms with E-state index in [1.165, 1.54) is 40.9 Å². The number of amides is 1. The molecule has 0 bridgehead atoms. The molecule has 1 aromatic rings. The third-order valence-electron chi connectivity index (χ3n) is 4.75. The summed E-state index contributed by atoms with van der Waals surface area (Å²) in [7, 11) is 0. The molecule has 0 aliphatic carbocycles. The molecule has 0 aromatic heterocycles. The highest BCUT2D eigenvalue weighted by Gasteiger charge is 2.56. The molecule has 1 saturated heterocycles. The number of hydrogen-bond donors (Lipinski definition) is 1. The third kappa shape index (κ3) is 4.03. The van der Waals surface area contributed by atoms with Gasteiger partial charge >= 0.3 is 5.97 Å². The van der Waals surface area contributed by atoms with Crippen LogP contribution in [0.1, 0.15) is 18.9 Å². The minimum Gasteiger partial charge on any atom is -0.456 e. The van der Waals surface area contributed by atoms with Gasteiger partial charge in [-0.15, -0.1) is 11.8 Å². The molecule has 1 fully saturated rings. The van der Waals surface area contributed by atoms with Crippen molar-refractivity contribution >= 4 is 51.9 Å². The van der Waals surface area contributed by atoms with Crippen LogP contribution in [0, 0.1) is 16.0 Å². The highest BCUT2D eigenvalue weighted by molar-refractivity contribution is 14.1. The van der Waals surface area contributed by atoms with Gasteiger partial charge in [0.2, 0.25) is 5.91 Å². The number of rotatable bonds is 8. The summed E-state index contributed by atoms with van der Waals surface area (Å²) in [6.45, 7) is 1.54. The van der Waals surface area contributed by atoms with Crippen LogP contribution in [0.15, 0.2) is 34.9 Å². The summed E-state index contributed by atoms with van der Waals surface area (Å²) in [6, 6.07) is 5.55. The Morgan fingerprint density at radius 1 is 1.46 bits per heavy atom. The average molecular weight is 518 g/mol. The maximum atomic E-state index is 12.7. The van der Waals surface area contributed by atoms with E-state index in [0.717, 1.165) is 15.1 Å². The number of esters is 1. The van der Waals surface area contributed by atoms with Crippen LogP contribution in [0.3, 0.4) is 0 Å². The summed E-state index contributed by atoms with van der Waals surface area (Å²) in [5.74, 6) is -0.528. The van der Waals surface area contributed by atoms with Crippen LogP contribution in [0.4, 0.5) is 5.69 Å². The van der Waals surface area contributed by atoms with E-state index >= 15 is 0 Å². The molecule has 150 valence electrons. The van der Waals surface area contributed by atoms with Crippen molar-refractivity contribution in [1.82, 2.24) is 4.90 Å². The highest BCUT2D eigenvalue weighted by Crippen LogP contribution is 2.47. The van der Waals surface area contributed by atoms with Crippen LogP contribution in [0.5, 0.6) is 0 Å². The van der Waals surface area contributed by atoms with Crippen molar-refractivity contribution in [3.8, 4) is 0 Å². The molecule has 8 nitrogen and oxygen atoms in total. The third-order valence-corrected chi connectivity index (χ3v) is 7.14. The Hall–Kier alpha value is -1.66. The van der Waals surface area contributed by atoms with Gasteiger partial charge in [-0.3, -0.25) is 14.9 Å². The summed E-state index contributed by atoms with van der Waals surface area (Å²) in [6.07, 6.45) is -0.218. The number of aliphatic hydroxyl groups excluding tert-OH is 1. The summed E-state index contributed by atoms with van der Waals surface area (Å²) in [4.78, 5) is 37.6. The van der Waals surface area contributed by atoms with Crippen molar-refractivity contribution in [2.24, 2.45) is 5.92 Å². The zero-order valence-corrected chi connectivity index (χ0v) is 18.0. The number of thioether (sulfide) groups is 1. The Morgan fingerprint density at radius 3 is 2.71 bits per heavy atom. The van der Waals surface area contributed by atoms with Gasteiger partial charge in [0.1, 0.15) is 12.3 Å². The van der Waals surface area contributed by atoms with Crippen molar-refractivity contribution < 1.29 is 24.4 Å². The Balaban J connectivity index is 1.72. The minimum atomic E-state index is -0.764. The van der Waals surface area contributed by atoms with Crippen LogP contribution in [-0.4, -0.2) is 49.1 Å². The SMILES string of the molecule is CC(O)[C@@H]1C(=O)N2C(C(=O)OCc3ccc([N+](=O)[O-])cc3)=C(SCCI)CC12. The molecule has 1 amide bonds. The van der Waals surface area contributed by atoms with Crippen molar-refractivity contribution in [1.29, 1.82) is 0 Å². The van der Waals surface area contributed by atoms with Crippen LogP contribution in [0.25, 0.3) is 0 Å². The second-order valence-electron chi connectivity index (χ2n) is 6.56. The van der Waals surface area contributed by atoms with E-state index in [4.69, 9.17) is 4.74 Å². The molecule has 1 N–H and O–H groups in total. The van der Waals surface area contributed by atoms with Crippen molar-refractivity contribution in [3.63, 3.8) is 0 Å². The van der Waals surface area contributed by atoms with Gasteiger partial charge in [-0.2, -0.15) is 0 Å². The van der Waals surface area contributed by atoms with E-state index in [0.29, 0.717) is 12.0 Å². The molecular formula is C18H19IN2O6S. The molecule has 0 radical (unpaired) electrons. The number of alkyl halides is 1. The number of β-lactam (4-membered cyclic amide) rings is 1. The highest BCUT2D eigenvalue weighted by atomic mass is 127. The van der Waals surface area contributed by atoms with E-state index in [1.807, 2.05) is 0 Å². The number of hydrogen-bond acceptors (Lipinski definition) is 7. The molecule has 2 aliphatic rings. The first-order chi connectivity index (χ1) is 13.3. The zero-order valence-electron chi connectivity index (χ0n) is 15.0. The fourth-order valence-corrected chi connectivity index (χ4v) is 5.03. The first-order valence-electron chi connectivity index (χ1n) is 8.68. The number of carbonyl (C=O) groups excluding carboxylic acids is 2. The van der Waals surface area contributed by atoms with Crippen LogP contribution in [0.2, 0.25) is 0 Å². The smallest absolute Gasteiger partial charge is 0.356 e. The van der Waals surface area contributed by atoms with E-state index < -0.39 is 22.9 Å². The number of carbonyl (C=O) groups is 2. The van der Waals surface area contributed by atoms with Gasteiger partial charge in [-0.1, -0.05) is 22.6 Å². The second kappa shape index (κ2) is 8.78. The summed E-state index contributed by atoms with van der Waals surface area (Å²) in [5.41, 5.74) is 0.847. The number of benzene rings is 1. The lowest BCUT2D eigenvalue weighted by Gasteiger charge is -2.44. The number of ether oxygens (including phenoxy) is 1. The van der Waals surface area contributed by atoms with Gasteiger partial charge in [0, 0.05) is 33.6 Å². The molecule has 3 atom stereocenters. The van der Waals surface area contributed by atoms with E-state index in [2.05, 4.69) is 22.6 Å². The normalized spacial score (nSPS) is 22.0. The first kappa shape index (κ1) is 21.1. The molecule has 28 heavy (non-hydrogen) atoms. The molecule has 2 aliphatic heterocycles. The molecule has 2 unspecified atom stereocenters. The Labute approximate surface area is 179 Å². The number of aliphatic hydroxyl groups is 1. The summed E-state index contributed by atoms with van der Waals surface area (Å²) in [5, 5.41) is 20.6. The quantitative estimate of drug-likeness (QED) is 0.141. The Morgan fingerprint density at radius 2 is 2.14 bits per heavy atom. The number of non-ortho nitro benzene ring substituents is 1. The predicted molar refractivity (Wildman–Crippen MR) is 112 cm³/mol. The van der Waals surface area contributed by atoms with Gasteiger partial charge in [-0.05, 0) is 24.6 Å². The molecule has 1 aromatic carbocycles. The fraction of sp³-hybridized carbons (Fsp3) is 0.444. The number of nitro benzene ring substituents is 1. The van der Waals surface area contributed by atoms with Gasteiger partial charge in [0.25, 0.3) is 5.69 Å². The molecule has 0 spiro atoms. The van der Waals surface area contributed by atoms with Crippen LogP contribution in [-0.2, 0) is 20.9 Å². The lowest BCUT2D eigenvalue weighted by atomic mass is 9.83. The molecule has 2 heterocycles. The molecule has 10 heteroatoms. The number of nitrogens with zero attached hydrogens (tertiary/aromatic N) is 2. The largest absolute Gasteiger partial charge is 0.456 e. The number of nitro groups is 1. The second-order valence-corrected chi connectivity index (χ2v) is 8.82. The molecule has 0 saturated carbocycles. The number of halogens is 1. The van der Waals surface area contributed by atoms with Gasteiger partial charge in [-0.25, -0.2) is 4.79 Å². The predicted octanol–water partition coefficient (Wildman–Crippen LogP) is 2.63. The van der Waals surface area contributed by atoms with Gasteiger partial charge < -0.3 is 14.7 Å². The van der Waals surface area contributed by atoms with Crippen LogP contribution >= 0.6 is 34.4 Å². The monoisotopic (exact) mass is 518 g/mol. The Kier molecular flexibility index (Phi) is 6.61. The number of fused-ring (bicyclic) bond motifs is 1. The van der Waals surface area contributed by atoms with E-state index in [9.17, 15) is 24.8 Å². The standard InChI is InChI=1S/C18H19IN2O6S/c1-10(22)15-13-8-14(28-7-6-19)16(20(13)17(15)23)18(24)27-9-11-2-4-12(5-3-11)21(25)26/h2-5,10,13,15,22H,6-9H2,1H3/t10?,13?,15-/m0/s1. The van der Waals surface area contributed by atoms with Gasteiger partial charge in [0.05, 0.1) is 23.0 Å². The van der Waals surface area contributed by atoms with E-state index in [-0.39, 0.29) is 29.9 Å². The van der Waals surface area contributed by atoms with E-state index in [1.54, 1.807) is 6.92 Å². The van der Waals surface area contributed by atoms with Crippen LogP contribution < -0.4 is 0 Å². The Bertz CT molecular complexity index is 826.